The predicted octanol–water partition coefficient (Wildman–Crippen LogP) is 3.01. The lowest BCUT2D eigenvalue weighted by atomic mass is 10.1. The Morgan fingerprint density at radius 3 is 2.67 bits per heavy atom. The van der Waals surface area contributed by atoms with E-state index in [0.717, 1.165) is 12.1 Å². The van der Waals surface area contributed by atoms with Gasteiger partial charge in [-0.1, -0.05) is 41.4 Å². The van der Waals surface area contributed by atoms with E-state index >= 15 is 0 Å². The minimum atomic E-state index is -0.107. The summed E-state index contributed by atoms with van der Waals surface area (Å²) in [6.07, 6.45) is 0. The fraction of sp³-hybridized carbons (Fsp3) is 0.222. The van der Waals surface area contributed by atoms with Gasteiger partial charge in [0.25, 0.3) is 5.56 Å². The number of hydrogen-bond acceptors (Lipinski definition) is 2. The van der Waals surface area contributed by atoms with Crippen LogP contribution in [0, 0.1) is 0 Å². The number of aromatic nitrogens is 2. The van der Waals surface area contributed by atoms with Crippen LogP contribution in [0.4, 0.5) is 0 Å². The Morgan fingerprint density at radius 2 is 1.92 bits per heavy atom. The minimum absolute atomic E-state index is 0.0248. The average molecular weight is 363 g/mol. The maximum Gasteiger partial charge on any atom is 0.258 e. The lowest BCUT2D eigenvalue weighted by Gasteiger charge is -2.21. The molecule has 0 bridgehead atoms. The van der Waals surface area contributed by atoms with Crippen LogP contribution in [-0.4, -0.2) is 17.0 Å². The number of halogens is 2. The van der Waals surface area contributed by atoms with Crippen LogP contribution in [0.2, 0.25) is 10.0 Å². The summed E-state index contributed by atoms with van der Waals surface area (Å²) in [6.45, 7) is 2.79. The Labute approximate surface area is 150 Å². The topological polar surface area (TPSA) is 50.2 Å². The van der Waals surface area contributed by atoms with Crippen LogP contribution in [0.3, 0.4) is 0 Å². The molecular weight excluding hydrogens is 345 g/mol. The lowest BCUT2D eigenvalue weighted by Crippen LogP contribution is -3.07. The fourth-order valence-electron chi connectivity index (χ4n) is 2.67. The van der Waals surface area contributed by atoms with Gasteiger partial charge in [0.15, 0.2) is 5.82 Å². The smallest absolute Gasteiger partial charge is 0.258 e. The zero-order chi connectivity index (χ0) is 17.3. The average Bonchev–Trinajstić information content (AvgIpc) is 2.57. The summed E-state index contributed by atoms with van der Waals surface area (Å²) < 4.78 is 0. The van der Waals surface area contributed by atoms with Crippen molar-refractivity contribution in [2.24, 2.45) is 0 Å². The van der Waals surface area contributed by atoms with E-state index in [1.165, 1.54) is 4.90 Å². The molecule has 0 saturated heterocycles. The summed E-state index contributed by atoms with van der Waals surface area (Å²) in [5.41, 5.74) is 1.69. The van der Waals surface area contributed by atoms with Gasteiger partial charge in [0.2, 0.25) is 0 Å². The van der Waals surface area contributed by atoms with Crippen LogP contribution in [0.5, 0.6) is 0 Å². The van der Waals surface area contributed by atoms with Crippen LogP contribution in [0.15, 0.2) is 47.3 Å². The fourth-order valence-corrected chi connectivity index (χ4v) is 2.99. The molecule has 0 aliphatic carbocycles. The van der Waals surface area contributed by atoms with Crippen molar-refractivity contribution in [2.45, 2.75) is 19.5 Å². The third-order valence-electron chi connectivity index (χ3n) is 4.25. The van der Waals surface area contributed by atoms with E-state index in [2.05, 4.69) is 17.0 Å². The molecular formula is C18H18Cl2N3O+. The van der Waals surface area contributed by atoms with Gasteiger partial charge in [-0.25, -0.2) is 4.98 Å². The monoisotopic (exact) mass is 362 g/mol. The van der Waals surface area contributed by atoms with Crippen molar-refractivity contribution in [3.63, 3.8) is 0 Å². The van der Waals surface area contributed by atoms with Crippen LogP contribution >= 0.6 is 23.2 Å². The van der Waals surface area contributed by atoms with Crippen molar-refractivity contribution in [3.05, 3.63) is 74.3 Å². The number of rotatable bonds is 4. The molecule has 0 radical (unpaired) electrons. The summed E-state index contributed by atoms with van der Waals surface area (Å²) in [7, 11) is 2.06. The van der Waals surface area contributed by atoms with Crippen LogP contribution in [0.25, 0.3) is 10.9 Å². The first-order valence-electron chi connectivity index (χ1n) is 7.71. The van der Waals surface area contributed by atoms with Crippen molar-refractivity contribution < 1.29 is 4.90 Å². The van der Waals surface area contributed by atoms with Gasteiger partial charge in [0, 0.05) is 5.56 Å². The molecule has 0 spiro atoms. The zero-order valence-corrected chi connectivity index (χ0v) is 14.9. The van der Waals surface area contributed by atoms with E-state index in [4.69, 9.17) is 23.2 Å². The second kappa shape index (κ2) is 6.93. The molecule has 2 aromatic carbocycles. The third kappa shape index (κ3) is 3.46. The molecule has 3 rings (SSSR count). The van der Waals surface area contributed by atoms with Crippen molar-refractivity contribution in [3.8, 4) is 0 Å². The minimum Gasteiger partial charge on any atom is -0.325 e. The molecule has 0 fully saturated rings. The Hall–Kier alpha value is -1.88. The van der Waals surface area contributed by atoms with Gasteiger partial charge in [0.1, 0.15) is 12.6 Å². The molecule has 1 aromatic heterocycles. The summed E-state index contributed by atoms with van der Waals surface area (Å²) in [6, 6.07) is 13.0. The number of para-hydroxylation sites is 1. The number of hydrogen-bond donors (Lipinski definition) is 2. The third-order valence-corrected chi connectivity index (χ3v) is 4.99. The molecule has 3 aromatic rings. The number of aromatic amines is 1. The second-order valence-corrected chi connectivity index (χ2v) is 6.78. The molecule has 0 aliphatic heterocycles. The molecule has 124 valence electrons. The number of H-pyrrole nitrogens is 1. The number of nitrogens with one attached hydrogen (secondary N) is 2. The lowest BCUT2D eigenvalue weighted by molar-refractivity contribution is -0.924. The summed E-state index contributed by atoms with van der Waals surface area (Å²) in [5, 5.41) is 1.70. The number of fused-ring (bicyclic) bond motifs is 1. The van der Waals surface area contributed by atoms with E-state index in [1.807, 2.05) is 37.3 Å². The highest BCUT2D eigenvalue weighted by Gasteiger charge is 2.19. The van der Waals surface area contributed by atoms with E-state index in [-0.39, 0.29) is 11.6 Å². The highest BCUT2D eigenvalue weighted by molar-refractivity contribution is 6.42. The Balaban J connectivity index is 1.86. The second-order valence-electron chi connectivity index (χ2n) is 5.96. The zero-order valence-electron chi connectivity index (χ0n) is 13.4. The van der Waals surface area contributed by atoms with Crippen LogP contribution in [-0.2, 0) is 6.54 Å². The van der Waals surface area contributed by atoms with Gasteiger partial charge in [-0.15, -0.1) is 0 Å². The number of quaternary nitrogens is 1. The number of benzene rings is 2. The number of nitrogens with zero attached hydrogens (tertiary/aromatic N) is 1. The highest BCUT2D eigenvalue weighted by atomic mass is 35.5. The van der Waals surface area contributed by atoms with Crippen LogP contribution in [0.1, 0.15) is 24.4 Å². The highest BCUT2D eigenvalue weighted by Crippen LogP contribution is 2.22. The largest absolute Gasteiger partial charge is 0.325 e. The summed E-state index contributed by atoms with van der Waals surface area (Å²) in [4.78, 5) is 20.9. The van der Waals surface area contributed by atoms with E-state index < -0.39 is 0 Å². The van der Waals surface area contributed by atoms with Crippen molar-refractivity contribution in [1.82, 2.24) is 9.97 Å². The molecule has 4 nitrogen and oxygen atoms in total. The van der Waals surface area contributed by atoms with Crippen molar-refractivity contribution in [1.29, 1.82) is 0 Å². The molecule has 0 amide bonds. The molecule has 0 saturated carbocycles. The maximum atomic E-state index is 12.2. The molecule has 24 heavy (non-hydrogen) atoms. The van der Waals surface area contributed by atoms with E-state index in [0.29, 0.717) is 26.8 Å². The van der Waals surface area contributed by atoms with Gasteiger partial charge in [-0.2, -0.15) is 0 Å². The standard InChI is InChI=1S/C18H17Cl2N3O/c1-11(23(2)10-12-7-8-14(19)15(20)9-12)17-21-16-6-4-3-5-13(16)18(24)22-17/h3-9,11H,10H2,1-2H3,(H,21,22,24)/p+1/t11-/m0/s1. The maximum absolute atomic E-state index is 12.2. The van der Waals surface area contributed by atoms with Gasteiger partial charge in [0.05, 0.1) is 28.0 Å². The molecule has 6 heteroatoms. The molecule has 1 unspecified atom stereocenters. The quantitative estimate of drug-likeness (QED) is 0.749. The van der Waals surface area contributed by atoms with Crippen molar-refractivity contribution >= 4 is 34.1 Å². The Kier molecular flexibility index (Phi) is 4.90. The predicted molar refractivity (Wildman–Crippen MR) is 97.8 cm³/mol. The van der Waals surface area contributed by atoms with Gasteiger partial charge in [-0.05, 0) is 31.2 Å². The SMILES string of the molecule is C[C@@H](c1nc2ccccc2c(=O)[nH]1)[NH+](C)Cc1ccc(Cl)c(Cl)c1. The Morgan fingerprint density at radius 1 is 1.17 bits per heavy atom. The van der Waals surface area contributed by atoms with Gasteiger partial charge >= 0.3 is 0 Å². The first-order chi connectivity index (χ1) is 11.5. The molecule has 0 aliphatic rings. The van der Waals surface area contributed by atoms with Crippen molar-refractivity contribution in [2.75, 3.05) is 7.05 Å². The van der Waals surface area contributed by atoms with Gasteiger partial charge < -0.3 is 9.88 Å². The van der Waals surface area contributed by atoms with Gasteiger partial charge in [-0.3, -0.25) is 4.79 Å². The Bertz CT molecular complexity index is 939. The van der Waals surface area contributed by atoms with E-state index in [9.17, 15) is 4.79 Å². The summed E-state index contributed by atoms with van der Waals surface area (Å²) in [5.74, 6) is 0.677. The van der Waals surface area contributed by atoms with Crippen LogP contribution < -0.4 is 10.5 Å². The first-order valence-corrected chi connectivity index (χ1v) is 8.46. The first kappa shape index (κ1) is 17.0. The molecule has 1 heterocycles. The molecule has 2 N–H and O–H groups in total. The van der Waals surface area contributed by atoms with E-state index in [1.54, 1.807) is 12.1 Å². The summed E-state index contributed by atoms with van der Waals surface area (Å²) >= 11 is 12.0. The molecule has 2 atom stereocenters. The normalized spacial score (nSPS) is 13.8.